The Balaban J connectivity index is 2.51. The van der Waals surface area contributed by atoms with E-state index in [1.165, 1.54) is 0 Å². The van der Waals surface area contributed by atoms with E-state index in [4.69, 9.17) is 4.74 Å². The first-order valence-electron chi connectivity index (χ1n) is 6.08. The largest absolute Gasteiger partial charge is 0.490 e. The summed E-state index contributed by atoms with van der Waals surface area (Å²) in [7, 11) is 0. The second-order valence-electron chi connectivity index (χ2n) is 4.14. The topological polar surface area (TPSA) is 34.1 Å². The molecule has 0 aliphatic heterocycles. The minimum atomic E-state index is 0.631. The van der Waals surface area contributed by atoms with E-state index in [9.17, 15) is 0 Å². The Morgan fingerprint density at radius 3 is 3.06 bits per heavy atom. The molecule has 1 atom stereocenters. The highest BCUT2D eigenvalue weighted by molar-refractivity contribution is 7.98. The summed E-state index contributed by atoms with van der Waals surface area (Å²) in [5.41, 5.74) is 0. The number of nitrogens with one attached hydrogen (secondary N) is 1. The van der Waals surface area contributed by atoms with Crippen LogP contribution in [0.15, 0.2) is 18.3 Å². The fourth-order valence-corrected chi connectivity index (χ4v) is 2.15. The molecule has 1 rings (SSSR count). The minimum absolute atomic E-state index is 0.631. The number of anilines is 1. The number of hydrogen-bond donors (Lipinski definition) is 1. The van der Waals surface area contributed by atoms with E-state index < -0.39 is 0 Å². The molecule has 0 aliphatic carbocycles. The van der Waals surface area contributed by atoms with Crippen LogP contribution in [-0.4, -0.2) is 30.1 Å². The van der Waals surface area contributed by atoms with E-state index >= 15 is 0 Å². The van der Waals surface area contributed by atoms with Crippen LogP contribution in [0.1, 0.15) is 20.3 Å². The summed E-state index contributed by atoms with van der Waals surface area (Å²) < 4.78 is 5.65. The van der Waals surface area contributed by atoms with Gasteiger partial charge in [0.05, 0.1) is 6.61 Å². The highest BCUT2D eigenvalue weighted by atomic mass is 32.2. The molecule has 17 heavy (non-hydrogen) atoms. The summed E-state index contributed by atoms with van der Waals surface area (Å²) in [4.78, 5) is 4.32. The third-order valence-corrected chi connectivity index (χ3v) is 3.20. The van der Waals surface area contributed by atoms with Crippen LogP contribution in [0.25, 0.3) is 0 Å². The van der Waals surface area contributed by atoms with Gasteiger partial charge in [-0.2, -0.15) is 11.8 Å². The smallest absolute Gasteiger partial charge is 0.168 e. The standard InChI is InChI=1S/C13H22N2OS/c1-4-8-16-12-6-5-7-14-13(12)15-9-11(2)10-17-3/h5-7,11H,4,8-10H2,1-3H3,(H,14,15). The zero-order valence-corrected chi connectivity index (χ0v) is 11.7. The Morgan fingerprint density at radius 2 is 2.35 bits per heavy atom. The van der Waals surface area contributed by atoms with Crippen molar-refractivity contribution in [2.75, 3.05) is 30.5 Å². The van der Waals surface area contributed by atoms with Gasteiger partial charge in [0.15, 0.2) is 11.6 Å². The second-order valence-corrected chi connectivity index (χ2v) is 5.05. The lowest BCUT2D eigenvalue weighted by Crippen LogP contribution is -2.14. The van der Waals surface area contributed by atoms with Gasteiger partial charge in [0.1, 0.15) is 0 Å². The maximum atomic E-state index is 5.65. The van der Waals surface area contributed by atoms with Gasteiger partial charge in [-0.15, -0.1) is 0 Å². The number of thioether (sulfide) groups is 1. The molecule has 0 radical (unpaired) electrons. The Kier molecular flexibility index (Phi) is 6.86. The zero-order chi connectivity index (χ0) is 12.5. The molecule has 1 aromatic rings. The van der Waals surface area contributed by atoms with Crippen LogP contribution in [0.3, 0.4) is 0 Å². The minimum Gasteiger partial charge on any atom is -0.490 e. The fraction of sp³-hybridized carbons (Fsp3) is 0.615. The van der Waals surface area contributed by atoms with E-state index in [1.807, 2.05) is 23.9 Å². The quantitative estimate of drug-likeness (QED) is 0.772. The van der Waals surface area contributed by atoms with Gasteiger partial charge in [0, 0.05) is 12.7 Å². The van der Waals surface area contributed by atoms with Crippen LogP contribution in [0.2, 0.25) is 0 Å². The predicted octanol–water partition coefficient (Wildman–Crippen LogP) is 3.28. The number of aromatic nitrogens is 1. The van der Waals surface area contributed by atoms with E-state index in [0.717, 1.165) is 36.9 Å². The Bertz CT molecular complexity index is 320. The van der Waals surface area contributed by atoms with Crippen molar-refractivity contribution in [2.24, 2.45) is 5.92 Å². The molecule has 0 aromatic carbocycles. The lowest BCUT2D eigenvalue weighted by Gasteiger charge is -2.14. The predicted molar refractivity (Wildman–Crippen MR) is 76.1 cm³/mol. The van der Waals surface area contributed by atoms with E-state index in [-0.39, 0.29) is 0 Å². The summed E-state index contributed by atoms with van der Waals surface area (Å²) in [6.07, 6.45) is 4.94. The molecule has 96 valence electrons. The summed E-state index contributed by atoms with van der Waals surface area (Å²) >= 11 is 1.87. The number of hydrogen-bond acceptors (Lipinski definition) is 4. The van der Waals surface area contributed by atoms with Crippen molar-refractivity contribution in [2.45, 2.75) is 20.3 Å². The SMILES string of the molecule is CCCOc1cccnc1NCC(C)CSC. The van der Waals surface area contributed by atoms with Gasteiger partial charge in [-0.25, -0.2) is 4.98 Å². The summed E-state index contributed by atoms with van der Waals surface area (Å²) in [5, 5.41) is 3.36. The molecule has 0 spiro atoms. The molecule has 0 aliphatic rings. The summed E-state index contributed by atoms with van der Waals surface area (Å²) in [5.74, 6) is 3.50. The molecule has 0 fully saturated rings. The summed E-state index contributed by atoms with van der Waals surface area (Å²) in [6.45, 7) is 6.00. The molecule has 0 saturated heterocycles. The van der Waals surface area contributed by atoms with Crippen molar-refractivity contribution in [3.05, 3.63) is 18.3 Å². The van der Waals surface area contributed by atoms with Crippen LogP contribution in [0.5, 0.6) is 5.75 Å². The molecule has 3 nitrogen and oxygen atoms in total. The van der Waals surface area contributed by atoms with Crippen LogP contribution in [0, 0.1) is 5.92 Å². The van der Waals surface area contributed by atoms with Crippen molar-refractivity contribution in [1.82, 2.24) is 4.98 Å². The van der Waals surface area contributed by atoms with Crippen molar-refractivity contribution < 1.29 is 4.74 Å². The van der Waals surface area contributed by atoms with E-state index in [2.05, 4.69) is 30.4 Å². The molecule has 1 unspecified atom stereocenters. The number of rotatable bonds is 8. The molecule has 1 N–H and O–H groups in total. The van der Waals surface area contributed by atoms with Crippen LogP contribution < -0.4 is 10.1 Å². The lowest BCUT2D eigenvalue weighted by atomic mass is 10.2. The van der Waals surface area contributed by atoms with Crippen molar-refractivity contribution >= 4 is 17.6 Å². The zero-order valence-electron chi connectivity index (χ0n) is 10.9. The van der Waals surface area contributed by atoms with Gasteiger partial charge in [-0.05, 0) is 36.5 Å². The highest BCUT2D eigenvalue weighted by Crippen LogP contribution is 2.21. The number of ether oxygens (including phenoxy) is 1. The van der Waals surface area contributed by atoms with Gasteiger partial charge in [-0.3, -0.25) is 0 Å². The lowest BCUT2D eigenvalue weighted by molar-refractivity contribution is 0.317. The van der Waals surface area contributed by atoms with Gasteiger partial charge in [0.25, 0.3) is 0 Å². The van der Waals surface area contributed by atoms with Gasteiger partial charge < -0.3 is 10.1 Å². The second kappa shape index (κ2) is 8.23. The normalized spacial score (nSPS) is 12.2. The molecule has 0 saturated carbocycles. The summed E-state index contributed by atoms with van der Waals surface area (Å²) in [6, 6.07) is 3.87. The number of nitrogens with zero attached hydrogens (tertiary/aromatic N) is 1. The molecular formula is C13H22N2OS. The van der Waals surface area contributed by atoms with E-state index in [1.54, 1.807) is 6.20 Å². The Labute approximate surface area is 108 Å². The van der Waals surface area contributed by atoms with Crippen LogP contribution in [0.4, 0.5) is 5.82 Å². The van der Waals surface area contributed by atoms with Crippen molar-refractivity contribution in [1.29, 1.82) is 0 Å². The van der Waals surface area contributed by atoms with Crippen LogP contribution in [-0.2, 0) is 0 Å². The molecule has 1 heterocycles. The maximum absolute atomic E-state index is 5.65. The Hall–Kier alpha value is -0.900. The van der Waals surface area contributed by atoms with Crippen LogP contribution >= 0.6 is 11.8 Å². The van der Waals surface area contributed by atoms with Gasteiger partial charge >= 0.3 is 0 Å². The molecular weight excluding hydrogens is 232 g/mol. The fourth-order valence-electron chi connectivity index (χ4n) is 1.47. The first-order valence-corrected chi connectivity index (χ1v) is 7.48. The monoisotopic (exact) mass is 254 g/mol. The molecule has 1 aromatic heterocycles. The average Bonchev–Trinajstić information content (AvgIpc) is 2.35. The van der Waals surface area contributed by atoms with Crippen molar-refractivity contribution in [3.63, 3.8) is 0 Å². The highest BCUT2D eigenvalue weighted by Gasteiger charge is 2.06. The third-order valence-electron chi connectivity index (χ3n) is 2.30. The van der Waals surface area contributed by atoms with Crippen molar-refractivity contribution in [3.8, 4) is 5.75 Å². The molecule has 4 heteroatoms. The molecule has 0 amide bonds. The first-order chi connectivity index (χ1) is 8.27. The number of pyridine rings is 1. The average molecular weight is 254 g/mol. The van der Waals surface area contributed by atoms with Gasteiger partial charge in [0.2, 0.25) is 0 Å². The third kappa shape index (κ3) is 5.31. The first kappa shape index (κ1) is 14.2. The molecule has 0 bridgehead atoms. The maximum Gasteiger partial charge on any atom is 0.168 e. The van der Waals surface area contributed by atoms with E-state index in [0.29, 0.717) is 5.92 Å². The van der Waals surface area contributed by atoms with Gasteiger partial charge in [-0.1, -0.05) is 13.8 Å². The Morgan fingerprint density at radius 1 is 1.53 bits per heavy atom.